The summed E-state index contributed by atoms with van der Waals surface area (Å²) in [4.78, 5) is 54.7. The van der Waals surface area contributed by atoms with Gasteiger partial charge in [0, 0.05) is 23.8 Å². The topological polar surface area (TPSA) is 203 Å². The molecule has 332 valence electrons. The van der Waals surface area contributed by atoms with Crippen LogP contribution in [0.15, 0.2) is 72.9 Å². The number of nitrogens with two attached hydrogens (primary N) is 1. The second-order valence-electron chi connectivity index (χ2n) is 14.2. The SMILES string of the molecule is CCCCC/C=C\C\C=C/C=C/C=C/[C@@H](SC[C@H](N)C(=O)OC[C@H](COP(=O)(O)O)OC(=O)CCCCCCC/C=C\C=C/CCCCCC)[C@@H](O)CCCC(=O)O. The lowest BCUT2D eigenvalue weighted by Gasteiger charge is -2.22. The van der Waals surface area contributed by atoms with Crippen LogP contribution in [0.3, 0.4) is 0 Å². The van der Waals surface area contributed by atoms with Gasteiger partial charge in [0.25, 0.3) is 0 Å². The number of hydrogen-bond donors (Lipinski definition) is 5. The molecule has 0 bridgehead atoms. The van der Waals surface area contributed by atoms with Crippen molar-refractivity contribution in [3.8, 4) is 0 Å². The van der Waals surface area contributed by atoms with Crippen LogP contribution >= 0.6 is 19.6 Å². The number of aliphatic carboxylic acids is 1. The molecule has 0 fully saturated rings. The highest BCUT2D eigenvalue weighted by Gasteiger charge is 2.26. The van der Waals surface area contributed by atoms with Crippen LogP contribution in [-0.4, -0.2) is 80.4 Å². The van der Waals surface area contributed by atoms with Crippen LogP contribution in [0.4, 0.5) is 0 Å². The predicted molar refractivity (Wildman–Crippen MR) is 235 cm³/mol. The van der Waals surface area contributed by atoms with E-state index in [9.17, 15) is 33.8 Å². The van der Waals surface area contributed by atoms with E-state index in [4.69, 9.17) is 20.3 Å². The summed E-state index contributed by atoms with van der Waals surface area (Å²) in [5, 5.41) is 19.3. The highest BCUT2D eigenvalue weighted by atomic mass is 32.2. The molecule has 0 rings (SSSR count). The fraction of sp³-hybridized carbons (Fsp3) is 0.659. The maximum absolute atomic E-state index is 12.8. The van der Waals surface area contributed by atoms with Gasteiger partial charge in [0.05, 0.1) is 12.7 Å². The number of aliphatic hydroxyl groups is 1. The average Bonchev–Trinajstić information content (AvgIpc) is 3.18. The van der Waals surface area contributed by atoms with Crippen LogP contribution in [-0.2, 0) is 32.9 Å². The lowest BCUT2D eigenvalue weighted by Crippen LogP contribution is -2.38. The molecule has 6 N–H and O–H groups in total. The molecule has 0 spiro atoms. The summed E-state index contributed by atoms with van der Waals surface area (Å²) in [6.45, 7) is 3.17. The fourth-order valence-corrected chi connectivity index (χ4v) is 6.88. The van der Waals surface area contributed by atoms with Gasteiger partial charge in [-0.25, -0.2) is 4.57 Å². The van der Waals surface area contributed by atoms with E-state index < -0.39 is 62.4 Å². The van der Waals surface area contributed by atoms with Crippen molar-refractivity contribution < 1.29 is 52.9 Å². The first-order chi connectivity index (χ1) is 27.9. The minimum absolute atomic E-state index is 0.0357. The van der Waals surface area contributed by atoms with Gasteiger partial charge in [-0.1, -0.05) is 138 Å². The van der Waals surface area contributed by atoms with Gasteiger partial charge >= 0.3 is 25.7 Å². The van der Waals surface area contributed by atoms with E-state index in [0.29, 0.717) is 6.42 Å². The molecule has 0 saturated heterocycles. The van der Waals surface area contributed by atoms with Crippen molar-refractivity contribution in [1.82, 2.24) is 0 Å². The third-order valence-corrected chi connectivity index (χ3v) is 10.6. The molecule has 0 heterocycles. The quantitative estimate of drug-likeness (QED) is 0.0129. The summed E-state index contributed by atoms with van der Waals surface area (Å²) in [7, 11) is -4.90. The minimum Gasteiger partial charge on any atom is -0.481 e. The van der Waals surface area contributed by atoms with E-state index in [-0.39, 0.29) is 31.4 Å². The lowest BCUT2D eigenvalue weighted by molar-refractivity contribution is -0.161. The maximum atomic E-state index is 12.8. The van der Waals surface area contributed by atoms with Crippen molar-refractivity contribution in [1.29, 1.82) is 0 Å². The summed E-state index contributed by atoms with van der Waals surface area (Å²) in [5.74, 6) is -2.37. The molecule has 0 aromatic carbocycles. The molecule has 0 amide bonds. The second kappa shape index (κ2) is 38.4. The van der Waals surface area contributed by atoms with E-state index in [1.54, 1.807) is 12.2 Å². The fourth-order valence-electron chi connectivity index (χ4n) is 5.39. The number of carboxylic acids is 1. The Hall–Kier alpha value is -2.77. The molecule has 0 radical (unpaired) electrons. The first-order valence-electron chi connectivity index (χ1n) is 21.2. The van der Waals surface area contributed by atoms with Gasteiger partial charge in [-0.15, -0.1) is 11.8 Å². The first-order valence-corrected chi connectivity index (χ1v) is 23.8. The van der Waals surface area contributed by atoms with Crippen LogP contribution in [0.1, 0.15) is 142 Å². The van der Waals surface area contributed by atoms with E-state index in [0.717, 1.165) is 51.4 Å². The number of allylic oxidation sites excluding steroid dienone is 11. The standard InChI is InChI=1S/C44H74NO11PS/c1-3-5-7-9-11-13-15-17-18-19-21-23-25-27-29-34-43(49)56-38(36-55-57(51,52)53)35-54-44(50)39(45)37-58-41(40(46)31-30-33-42(47)48)32-28-26-24-22-20-16-14-12-10-8-6-4-2/h12-15,17-18,20,22,24,26,28,32,38-41,46H,3-11,16,19,21,23,25,27,29-31,33-37,45H2,1-2H3,(H,47,48)(H2,51,52,53)/b14-12-,15-13-,18-17-,22-20-,26-24+,32-28+/t38-,39+,40+,41-/m1/s1. The van der Waals surface area contributed by atoms with Gasteiger partial charge < -0.3 is 35.2 Å². The Morgan fingerprint density at radius 1 is 0.707 bits per heavy atom. The van der Waals surface area contributed by atoms with Gasteiger partial charge in [-0.3, -0.25) is 18.9 Å². The number of hydrogen-bond acceptors (Lipinski definition) is 10. The number of esters is 2. The number of aliphatic hydroxyl groups excluding tert-OH is 1. The molecule has 0 aliphatic carbocycles. The third-order valence-electron chi connectivity index (χ3n) is 8.72. The zero-order valence-corrected chi connectivity index (χ0v) is 36.8. The zero-order chi connectivity index (χ0) is 43.1. The Kier molecular flexibility index (Phi) is 36.6. The molecule has 0 aliphatic heterocycles. The summed E-state index contributed by atoms with van der Waals surface area (Å²) in [6, 6.07) is -1.15. The van der Waals surface area contributed by atoms with Crippen molar-refractivity contribution in [3.63, 3.8) is 0 Å². The molecule has 0 saturated carbocycles. The number of rotatable bonds is 38. The first kappa shape index (κ1) is 55.2. The van der Waals surface area contributed by atoms with Crippen LogP contribution in [0.2, 0.25) is 0 Å². The smallest absolute Gasteiger partial charge is 0.469 e. The molecule has 58 heavy (non-hydrogen) atoms. The van der Waals surface area contributed by atoms with Crippen LogP contribution < -0.4 is 5.73 Å². The van der Waals surface area contributed by atoms with Crippen LogP contribution in [0.5, 0.6) is 0 Å². The number of carbonyl (C=O) groups is 3. The Morgan fingerprint density at radius 2 is 1.29 bits per heavy atom. The van der Waals surface area contributed by atoms with Gasteiger partial charge in [0.15, 0.2) is 6.10 Å². The average molecular weight is 856 g/mol. The Balaban J connectivity index is 4.90. The largest absolute Gasteiger partial charge is 0.481 e. The van der Waals surface area contributed by atoms with Crippen molar-refractivity contribution in [2.45, 2.75) is 166 Å². The molecule has 14 heteroatoms. The zero-order valence-electron chi connectivity index (χ0n) is 35.1. The number of ether oxygens (including phenoxy) is 2. The number of phosphoric ester groups is 1. The van der Waals surface area contributed by atoms with Crippen molar-refractivity contribution in [3.05, 3.63) is 72.9 Å². The van der Waals surface area contributed by atoms with Crippen LogP contribution in [0.25, 0.3) is 0 Å². The third kappa shape index (κ3) is 37.5. The van der Waals surface area contributed by atoms with Crippen LogP contribution in [0, 0.1) is 0 Å². The Bertz CT molecular complexity index is 1290. The van der Waals surface area contributed by atoms with E-state index in [1.165, 1.54) is 56.7 Å². The number of phosphoric acid groups is 1. The lowest BCUT2D eigenvalue weighted by atomic mass is 10.1. The molecule has 4 atom stereocenters. The number of carboxylic acid groups (broad SMARTS) is 1. The Morgan fingerprint density at radius 3 is 1.97 bits per heavy atom. The van der Waals surface area contributed by atoms with E-state index in [1.807, 2.05) is 24.3 Å². The summed E-state index contributed by atoms with van der Waals surface area (Å²) < 4.78 is 26.5. The van der Waals surface area contributed by atoms with Gasteiger partial charge in [-0.05, 0) is 64.2 Å². The highest BCUT2D eigenvalue weighted by Crippen LogP contribution is 2.36. The monoisotopic (exact) mass is 855 g/mol. The van der Waals surface area contributed by atoms with Crippen molar-refractivity contribution in [2.24, 2.45) is 5.73 Å². The Labute approximate surface area is 352 Å². The summed E-state index contributed by atoms with van der Waals surface area (Å²) in [5.41, 5.74) is 6.10. The number of carbonyl (C=O) groups excluding carboxylic acids is 2. The molecule has 0 aliphatic rings. The number of unbranched alkanes of at least 4 members (excludes halogenated alkanes) is 12. The van der Waals surface area contributed by atoms with Gasteiger partial charge in [0.2, 0.25) is 0 Å². The summed E-state index contributed by atoms with van der Waals surface area (Å²) in [6.07, 6.45) is 39.5. The van der Waals surface area contributed by atoms with Crippen molar-refractivity contribution in [2.75, 3.05) is 19.0 Å². The molecule has 12 nitrogen and oxygen atoms in total. The normalized spacial score (nSPS) is 14.7. The summed E-state index contributed by atoms with van der Waals surface area (Å²) >= 11 is 1.20. The van der Waals surface area contributed by atoms with E-state index in [2.05, 4.69) is 54.8 Å². The molecule has 0 unspecified atom stereocenters. The molecular weight excluding hydrogens is 782 g/mol. The van der Waals surface area contributed by atoms with Crippen molar-refractivity contribution >= 4 is 37.5 Å². The maximum Gasteiger partial charge on any atom is 0.469 e. The van der Waals surface area contributed by atoms with Gasteiger partial charge in [-0.2, -0.15) is 0 Å². The molecular formula is C44H74NO11PS. The predicted octanol–water partition coefficient (Wildman–Crippen LogP) is 9.60. The van der Waals surface area contributed by atoms with E-state index >= 15 is 0 Å². The number of thioether (sulfide) groups is 1. The second-order valence-corrected chi connectivity index (χ2v) is 16.6. The highest BCUT2D eigenvalue weighted by molar-refractivity contribution is 8.00. The molecule has 0 aromatic heterocycles. The van der Waals surface area contributed by atoms with Gasteiger partial charge in [0.1, 0.15) is 12.6 Å². The minimum atomic E-state index is -4.90. The molecule has 0 aromatic rings.